The van der Waals surface area contributed by atoms with Gasteiger partial charge in [-0.05, 0) is 71.4 Å². The molecular weight excluding hydrogens is 342 g/mol. The van der Waals surface area contributed by atoms with Crippen LogP contribution in [-0.2, 0) is 6.42 Å². The molecule has 0 amide bonds. The smallest absolute Gasteiger partial charge is 0.0705 e. The number of aryl methyl sites for hydroxylation is 1. The largest absolute Gasteiger partial charge is 0.378 e. The predicted octanol–water partition coefficient (Wildman–Crippen LogP) is 5.96. The highest BCUT2D eigenvalue weighted by molar-refractivity contribution is 9.11. The third kappa shape index (κ3) is 2.69. The van der Waals surface area contributed by atoms with Crippen LogP contribution in [-0.4, -0.2) is 0 Å². The van der Waals surface area contributed by atoms with Crippen LogP contribution in [0.4, 0.5) is 5.69 Å². The maximum Gasteiger partial charge on any atom is 0.0705 e. The molecule has 1 aliphatic rings. The molecule has 1 aromatic carbocycles. The van der Waals surface area contributed by atoms with Gasteiger partial charge in [-0.3, -0.25) is 0 Å². The Hall–Kier alpha value is -0.510. The van der Waals surface area contributed by atoms with Crippen molar-refractivity contribution >= 4 is 44.6 Å². The molecular formula is C15H15BrClNS. The van der Waals surface area contributed by atoms with Crippen molar-refractivity contribution in [2.24, 2.45) is 0 Å². The lowest BCUT2D eigenvalue weighted by Gasteiger charge is -2.25. The normalized spacial score (nSPS) is 18.2. The Labute approximate surface area is 131 Å². The number of hydrogen-bond donors (Lipinski definition) is 1. The number of thiophene rings is 1. The van der Waals surface area contributed by atoms with E-state index in [0.717, 1.165) is 16.3 Å². The zero-order valence-corrected chi connectivity index (χ0v) is 13.8. The van der Waals surface area contributed by atoms with Crippen molar-refractivity contribution in [1.29, 1.82) is 0 Å². The van der Waals surface area contributed by atoms with E-state index in [1.165, 1.54) is 33.5 Å². The van der Waals surface area contributed by atoms with Crippen LogP contribution in [0.2, 0.25) is 5.02 Å². The monoisotopic (exact) mass is 355 g/mol. The number of anilines is 1. The van der Waals surface area contributed by atoms with Gasteiger partial charge in [0.2, 0.25) is 0 Å². The molecule has 2 aromatic rings. The fourth-order valence-corrected chi connectivity index (χ4v) is 4.62. The molecule has 1 heterocycles. The molecule has 1 aromatic heterocycles. The summed E-state index contributed by atoms with van der Waals surface area (Å²) >= 11 is 11.7. The lowest BCUT2D eigenvalue weighted by molar-refractivity contribution is 0.608. The summed E-state index contributed by atoms with van der Waals surface area (Å²) in [7, 11) is 0. The molecule has 100 valence electrons. The van der Waals surface area contributed by atoms with Crippen molar-refractivity contribution in [3.63, 3.8) is 0 Å². The average molecular weight is 357 g/mol. The Morgan fingerprint density at radius 2 is 2.26 bits per heavy atom. The molecule has 0 bridgehead atoms. The minimum absolute atomic E-state index is 0.406. The average Bonchev–Trinajstić information content (AvgIpc) is 2.76. The topological polar surface area (TPSA) is 12.0 Å². The van der Waals surface area contributed by atoms with Gasteiger partial charge in [0.25, 0.3) is 0 Å². The predicted molar refractivity (Wildman–Crippen MR) is 87.5 cm³/mol. The molecule has 1 aliphatic carbocycles. The maximum atomic E-state index is 6.19. The quantitative estimate of drug-likeness (QED) is 0.699. The van der Waals surface area contributed by atoms with Crippen LogP contribution in [0.1, 0.15) is 34.9 Å². The van der Waals surface area contributed by atoms with Crippen molar-refractivity contribution in [1.82, 2.24) is 0 Å². The fraction of sp³-hybridized carbons (Fsp3) is 0.333. The number of halogens is 2. The van der Waals surface area contributed by atoms with E-state index in [0.29, 0.717) is 6.04 Å². The van der Waals surface area contributed by atoms with E-state index in [-0.39, 0.29) is 0 Å². The summed E-state index contributed by atoms with van der Waals surface area (Å²) in [5, 5.41) is 4.49. The van der Waals surface area contributed by atoms with Crippen LogP contribution in [0, 0.1) is 6.92 Å². The number of nitrogens with one attached hydrogen (secondary N) is 1. The van der Waals surface area contributed by atoms with Gasteiger partial charge in [0.15, 0.2) is 0 Å². The SMILES string of the molecule is Cc1c(Cl)cccc1NC1CCCc2sc(Br)cc21. The molecule has 1 nitrogen and oxygen atoms in total. The Bertz CT molecular complexity index is 608. The zero-order valence-electron chi connectivity index (χ0n) is 10.7. The van der Waals surface area contributed by atoms with Crippen molar-refractivity contribution in [3.05, 3.63) is 49.1 Å². The molecule has 0 saturated heterocycles. The first-order valence-corrected chi connectivity index (χ1v) is 8.43. The van der Waals surface area contributed by atoms with E-state index in [1.807, 2.05) is 23.5 Å². The molecule has 1 N–H and O–H groups in total. The highest BCUT2D eigenvalue weighted by Gasteiger charge is 2.23. The van der Waals surface area contributed by atoms with E-state index in [4.69, 9.17) is 11.6 Å². The first-order valence-electron chi connectivity index (χ1n) is 6.45. The van der Waals surface area contributed by atoms with E-state index < -0.39 is 0 Å². The molecule has 0 aliphatic heterocycles. The first kappa shape index (κ1) is 13.5. The Balaban J connectivity index is 1.90. The molecule has 19 heavy (non-hydrogen) atoms. The van der Waals surface area contributed by atoms with Gasteiger partial charge in [-0.1, -0.05) is 17.7 Å². The summed E-state index contributed by atoms with van der Waals surface area (Å²) < 4.78 is 1.23. The molecule has 1 unspecified atom stereocenters. The second kappa shape index (κ2) is 5.47. The number of fused-ring (bicyclic) bond motifs is 1. The van der Waals surface area contributed by atoms with Gasteiger partial charge >= 0.3 is 0 Å². The molecule has 0 spiro atoms. The Morgan fingerprint density at radius 1 is 1.42 bits per heavy atom. The molecule has 3 rings (SSSR count). The van der Waals surface area contributed by atoms with Gasteiger partial charge in [0, 0.05) is 15.6 Å². The number of rotatable bonds is 2. The minimum atomic E-state index is 0.406. The lowest BCUT2D eigenvalue weighted by atomic mass is 9.93. The van der Waals surface area contributed by atoms with Gasteiger partial charge in [-0.25, -0.2) is 0 Å². The maximum absolute atomic E-state index is 6.19. The number of benzene rings is 1. The Kier molecular flexibility index (Phi) is 3.88. The third-order valence-corrected chi connectivity index (χ3v) is 5.80. The molecule has 0 fully saturated rings. The van der Waals surface area contributed by atoms with Crippen molar-refractivity contribution in [3.8, 4) is 0 Å². The van der Waals surface area contributed by atoms with Crippen LogP contribution in [0.3, 0.4) is 0 Å². The summed E-state index contributed by atoms with van der Waals surface area (Å²) in [6, 6.07) is 8.72. The standard InChI is InChI=1S/C15H15BrClNS/c1-9-11(17)4-2-5-12(9)18-13-6-3-7-14-10(13)8-15(16)19-14/h2,4-5,8,13,18H,3,6-7H2,1H3. The van der Waals surface area contributed by atoms with Crippen LogP contribution in [0.5, 0.6) is 0 Å². The zero-order chi connectivity index (χ0) is 13.4. The molecule has 4 heteroatoms. The van der Waals surface area contributed by atoms with Gasteiger partial charge in [0.1, 0.15) is 0 Å². The lowest BCUT2D eigenvalue weighted by Crippen LogP contribution is -2.16. The highest BCUT2D eigenvalue weighted by Crippen LogP contribution is 2.40. The fourth-order valence-electron chi connectivity index (χ4n) is 2.62. The highest BCUT2D eigenvalue weighted by atomic mass is 79.9. The molecule has 0 radical (unpaired) electrons. The van der Waals surface area contributed by atoms with Crippen LogP contribution >= 0.6 is 38.9 Å². The summed E-state index contributed by atoms with van der Waals surface area (Å²) in [5.74, 6) is 0. The minimum Gasteiger partial charge on any atom is -0.378 e. The van der Waals surface area contributed by atoms with Crippen molar-refractivity contribution < 1.29 is 0 Å². The van der Waals surface area contributed by atoms with E-state index in [1.54, 1.807) is 0 Å². The van der Waals surface area contributed by atoms with Crippen LogP contribution in [0.25, 0.3) is 0 Å². The van der Waals surface area contributed by atoms with Gasteiger partial charge in [-0.15, -0.1) is 11.3 Å². The second-order valence-corrected chi connectivity index (χ2v) is 7.85. The molecule has 0 saturated carbocycles. The van der Waals surface area contributed by atoms with Crippen molar-refractivity contribution in [2.75, 3.05) is 5.32 Å². The first-order chi connectivity index (χ1) is 9.15. The van der Waals surface area contributed by atoms with Gasteiger partial charge in [-0.2, -0.15) is 0 Å². The van der Waals surface area contributed by atoms with Crippen LogP contribution < -0.4 is 5.32 Å². The Morgan fingerprint density at radius 3 is 3.11 bits per heavy atom. The third-order valence-electron chi connectivity index (χ3n) is 3.68. The van der Waals surface area contributed by atoms with Crippen LogP contribution in [0.15, 0.2) is 28.1 Å². The summed E-state index contributed by atoms with van der Waals surface area (Å²) in [6.45, 7) is 2.07. The van der Waals surface area contributed by atoms with Gasteiger partial charge in [0.05, 0.1) is 9.83 Å². The van der Waals surface area contributed by atoms with Gasteiger partial charge < -0.3 is 5.32 Å². The number of hydrogen-bond acceptors (Lipinski definition) is 2. The summed E-state index contributed by atoms with van der Waals surface area (Å²) in [4.78, 5) is 1.51. The van der Waals surface area contributed by atoms with E-state index in [2.05, 4.69) is 40.3 Å². The summed E-state index contributed by atoms with van der Waals surface area (Å²) in [5.41, 5.74) is 3.72. The van der Waals surface area contributed by atoms with Crippen molar-refractivity contribution in [2.45, 2.75) is 32.2 Å². The summed E-state index contributed by atoms with van der Waals surface area (Å²) in [6.07, 6.45) is 3.64. The second-order valence-electron chi connectivity index (χ2n) is 4.93. The van der Waals surface area contributed by atoms with E-state index >= 15 is 0 Å². The molecule has 1 atom stereocenters. The van der Waals surface area contributed by atoms with E-state index in [9.17, 15) is 0 Å².